The summed E-state index contributed by atoms with van der Waals surface area (Å²) in [6.07, 6.45) is 81.5. The minimum atomic E-state index is -0.564. The van der Waals surface area contributed by atoms with Gasteiger partial charge in [0.2, 0.25) is 0 Å². The van der Waals surface area contributed by atoms with E-state index in [0.29, 0.717) is 19.4 Å². The molecule has 0 aliphatic carbocycles. The molecule has 0 N–H and O–H groups in total. The van der Waals surface area contributed by atoms with Crippen molar-refractivity contribution in [3.05, 3.63) is 97.2 Å². The van der Waals surface area contributed by atoms with E-state index in [1.807, 2.05) is 0 Å². The number of hydrogen-bond acceptors (Lipinski definition) is 5. The first kappa shape index (κ1) is 66.8. The Kier molecular flexibility index (Phi) is 57.4. The van der Waals surface area contributed by atoms with Gasteiger partial charge in [0.05, 0.1) is 6.61 Å². The lowest BCUT2D eigenvalue weighted by Gasteiger charge is -2.18. The van der Waals surface area contributed by atoms with E-state index in [-0.39, 0.29) is 25.2 Å². The lowest BCUT2D eigenvalue weighted by Crippen LogP contribution is -2.30. The van der Waals surface area contributed by atoms with Crippen molar-refractivity contribution in [2.75, 3.05) is 19.8 Å². The molecule has 5 heteroatoms. The van der Waals surface area contributed by atoms with Crippen LogP contribution in [-0.2, 0) is 23.8 Å². The smallest absolute Gasteiger partial charge is 0.306 e. The maximum absolute atomic E-state index is 12.9. The number of hydrogen-bond donors (Lipinski definition) is 0. The van der Waals surface area contributed by atoms with Crippen molar-refractivity contribution in [2.24, 2.45) is 0 Å². The molecule has 0 saturated carbocycles. The Labute approximate surface area is 434 Å². The van der Waals surface area contributed by atoms with Crippen LogP contribution in [0.5, 0.6) is 0 Å². The summed E-state index contributed by atoms with van der Waals surface area (Å²) in [5.74, 6) is -0.429. The van der Waals surface area contributed by atoms with Crippen LogP contribution in [0, 0.1) is 0 Å². The Bertz CT molecular complexity index is 1330. The first-order valence-corrected chi connectivity index (χ1v) is 29.8. The highest BCUT2D eigenvalue weighted by Gasteiger charge is 2.17. The van der Waals surface area contributed by atoms with Crippen molar-refractivity contribution in [1.29, 1.82) is 0 Å². The van der Waals surface area contributed by atoms with Gasteiger partial charge >= 0.3 is 11.9 Å². The Balaban J connectivity index is 4.34. The zero-order valence-corrected chi connectivity index (χ0v) is 46.3. The number of unbranched alkanes of at least 4 members (excludes halogenated alkanes) is 27. The third-order valence-corrected chi connectivity index (χ3v) is 12.6. The van der Waals surface area contributed by atoms with Crippen LogP contribution in [0.1, 0.15) is 278 Å². The summed E-state index contributed by atoms with van der Waals surface area (Å²) in [4.78, 5) is 25.6. The fraction of sp³-hybridized carbons (Fsp3) is 0.723. The van der Waals surface area contributed by atoms with Crippen LogP contribution in [0.3, 0.4) is 0 Å². The highest BCUT2D eigenvalue weighted by Crippen LogP contribution is 2.16. The first-order chi connectivity index (χ1) is 34.6. The Morgan fingerprint density at radius 1 is 0.329 bits per heavy atom. The van der Waals surface area contributed by atoms with E-state index in [1.54, 1.807) is 0 Å². The molecule has 0 spiro atoms. The minimum absolute atomic E-state index is 0.0653. The lowest BCUT2D eigenvalue weighted by atomic mass is 10.0. The number of ether oxygens (including phenoxy) is 3. The summed E-state index contributed by atoms with van der Waals surface area (Å²) in [5, 5.41) is 0. The number of allylic oxidation sites excluding steroid dienone is 16. The molecule has 0 aromatic carbocycles. The topological polar surface area (TPSA) is 61.8 Å². The van der Waals surface area contributed by atoms with Crippen LogP contribution in [0.2, 0.25) is 0 Å². The van der Waals surface area contributed by atoms with Gasteiger partial charge in [-0.05, 0) is 96.3 Å². The maximum Gasteiger partial charge on any atom is 0.306 e. The van der Waals surface area contributed by atoms with Gasteiger partial charge in [-0.15, -0.1) is 0 Å². The second-order valence-corrected chi connectivity index (χ2v) is 19.5. The van der Waals surface area contributed by atoms with Gasteiger partial charge in [-0.3, -0.25) is 9.59 Å². The normalized spacial score (nSPS) is 12.9. The summed E-state index contributed by atoms with van der Waals surface area (Å²) >= 11 is 0. The summed E-state index contributed by atoms with van der Waals surface area (Å²) in [5.41, 5.74) is 0. The van der Waals surface area contributed by atoms with E-state index in [1.165, 1.54) is 128 Å². The van der Waals surface area contributed by atoms with Crippen molar-refractivity contribution < 1.29 is 23.8 Å². The lowest BCUT2D eigenvalue weighted by molar-refractivity contribution is -0.163. The largest absolute Gasteiger partial charge is 0.462 e. The van der Waals surface area contributed by atoms with E-state index in [4.69, 9.17) is 14.2 Å². The Morgan fingerprint density at radius 3 is 1.03 bits per heavy atom. The molecule has 0 radical (unpaired) electrons. The van der Waals surface area contributed by atoms with Gasteiger partial charge in [0.25, 0.3) is 0 Å². The molecular formula is C65H112O5. The standard InChI is InChI=1S/C65H112O5/c1-4-7-10-13-16-19-22-25-28-31-33-35-37-40-43-46-49-52-55-58-64(66)69-62-63(61-68-60-57-54-51-48-45-42-39-36-32-29-26-23-20-17-14-11-8-5-2)70-65(67)59-56-53-50-47-44-41-38-34-30-27-24-21-18-15-12-9-6-3/h8-9,11-12,17-18,20-21,26-27,29-30,36,38-39,41,63H,4-7,10,13-16,19,22-25,28,31-35,37,40,42-62H2,1-3H3/b11-8-,12-9-,20-17-,21-18-,29-26-,30-27-,39-36-,41-38-. The van der Waals surface area contributed by atoms with Crippen LogP contribution >= 0.6 is 0 Å². The van der Waals surface area contributed by atoms with Crippen molar-refractivity contribution in [3.8, 4) is 0 Å². The Hall–Kier alpha value is -3.18. The molecule has 1 atom stereocenters. The average Bonchev–Trinajstić information content (AvgIpc) is 3.36. The molecule has 0 fully saturated rings. The van der Waals surface area contributed by atoms with Crippen molar-refractivity contribution >= 4 is 11.9 Å². The molecule has 0 heterocycles. The van der Waals surface area contributed by atoms with Crippen LogP contribution < -0.4 is 0 Å². The predicted molar refractivity (Wildman–Crippen MR) is 306 cm³/mol. The molecule has 0 bridgehead atoms. The fourth-order valence-electron chi connectivity index (χ4n) is 8.26. The van der Waals surface area contributed by atoms with Gasteiger partial charge in [0, 0.05) is 19.4 Å². The summed E-state index contributed by atoms with van der Waals surface area (Å²) in [6, 6.07) is 0. The van der Waals surface area contributed by atoms with Crippen molar-refractivity contribution in [2.45, 2.75) is 284 Å². The van der Waals surface area contributed by atoms with Crippen LogP contribution in [0.25, 0.3) is 0 Å². The molecule has 0 amide bonds. The molecule has 0 rings (SSSR count). The van der Waals surface area contributed by atoms with E-state index >= 15 is 0 Å². The quantitative estimate of drug-likeness (QED) is 0.0345. The number of rotatable bonds is 54. The average molecular weight is 974 g/mol. The molecule has 0 aliphatic heterocycles. The van der Waals surface area contributed by atoms with Crippen molar-refractivity contribution in [1.82, 2.24) is 0 Å². The SMILES string of the molecule is CC/C=C\C/C=C\C/C=C\C/C=C\CCCCCCCOCC(COC(=O)CCCCCCCCCCCCCCCCCCCCC)OC(=O)CCCCCC/C=C\C/C=C\C/C=C\C/C=C\CC. The third-order valence-electron chi connectivity index (χ3n) is 12.6. The molecule has 1 unspecified atom stereocenters. The second-order valence-electron chi connectivity index (χ2n) is 19.5. The van der Waals surface area contributed by atoms with Crippen LogP contribution in [0.4, 0.5) is 0 Å². The molecule has 70 heavy (non-hydrogen) atoms. The summed E-state index contributed by atoms with van der Waals surface area (Å²) < 4.78 is 17.5. The van der Waals surface area contributed by atoms with Crippen LogP contribution in [-0.4, -0.2) is 37.9 Å². The van der Waals surface area contributed by atoms with E-state index < -0.39 is 6.10 Å². The van der Waals surface area contributed by atoms with Crippen LogP contribution in [0.15, 0.2) is 97.2 Å². The Morgan fingerprint density at radius 2 is 0.643 bits per heavy atom. The molecule has 0 aromatic heterocycles. The third kappa shape index (κ3) is 57.4. The summed E-state index contributed by atoms with van der Waals surface area (Å²) in [7, 11) is 0. The molecule has 0 aromatic rings. The molecule has 5 nitrogen and oxygen atoms in total. The van der Waals surface area contributed by atoms with Gasteiger partial charge in [0.1, 0.15) is 6.61 Å². The monoisotopic (exact) mass is 973 g/mol. The number of carbonyl (C=O) groups excluding carboxylic acids is 2. The van der Waals surface area contributed by atoms with Gasteiger partial charge in [0.15, 0.2) is 6.10 Å². The zero-order valence-electron chi connectivity index (χ0n) is 46.3. The van der Waals surface area contributed by atoms with E-state index in [9.17, 15) is 9.59 Å². The fourth-order valence-corrected chi connectivity index (χ4v) is 8.26. The first-order valence-electron chi connectivity index (χ1n) is 29.8. The maximum atomic E-state index is 12.9. The molecule has 402 valence electrons. The van der Waals surface area contributed by atoms with Crippen molar-refractivity contribution in [3.63, 3.8) is 0 Å². The van der Waals surface area contributed by atoms with Gasteiger partial charge in [-0.2, -0.15) is 0 Å². The zero-order chi connectivity index (χ0) is 50.6. The molecular weight excluding hydrogens is 861 g/mol. The van der Waals surface area contributed by atoms with Gasteiger partial charge in [-0.1, -0.05) is 266 Å². The second kappa shape index (κ2) is 60.1. The van der Waals surface area contributed by atoms with Gasteiger partial charge in [-0.25, -0.2) is 0 Å². The minimum Gasteiger partial charge on any atom is -0.462 e. The number of carbonyl (C=O) groups is 2. The number of esters is 2. The highest BCUT2D eigenvalue weighted by molar-refractivity contribution is 5.70. The highest BCUT2D eigenvalue weighted by atomic mass is 16.6. The van der Waals surface area contributed by atoms with E-state index in [0.717, 1.165) is 116 Å². The summed E-state index contributed by atoms with van der Waals surface area (Å²) in [6.45, 7) is 7.56. The van der Waals surface area contributed by atoms with E-state index in [2.05, 4.69) is 118 Å². The molecule has 0 saturated heterocycles. The molecule has 0 aliphatic rings. The van der Waals surface area contributed by atoms with Gasteiger partial charge < -0.3 is 14.2 Å². The predicted octanol–water partition coefficient (Wildman–Crippen LogP) is 20.6.